The molecule has 0 saturated carbocycles. The average molecular weight is 417 g/mol. The molecule has 9 heteroatoms. The molecule has 0 aliphatic heterocycles. The Labute approximate surface area is 162 Å². The van der Waals surface area contributed by atoms with Crippen molar-refractivity contribution in [3.05, 3.63) is 58.1 Å². The number of anilines is 1. The Balaban J connectivity index is 2.20. The van der Waals surface area contributed by atoms with Crippen molar-refractivity contribution in [1.29, 1.82) is 0 Å². The van der Waals surface area contributed by atoms with Crippen molar-refractivity contribution in [1.82, 2.24) is 4.72 Å². The molecular formula is C17H18Cl2N2O4S. The van der Waals surface area contributed by atoms with Crippen molar-refractivity contribution in [2.75, 3.05) is 5.32 Å². The molecule has 26 heavy (non-hydrogen) atoms. The molecule has 0 fully saturated rings. The Hall–Kier alpha value is -1.64. The van der Waals surface area contributed by atoms with Crippen molar-refractivity contribution in [2.45, 2.75) is 30.9 Å². The first-order valence-electron chi connectivity index (χ1n) is 7.63. The summed E-state index contributed by atoms with van der Waals surface area (Å²) in [5.74, 6) is -0.728. The molecule has 0 heterocycles. The van der Waals surface area contributed by atoms with Gasteiger partial charge in [-0.3, -0.25) is 4.79 Å². The monoisotopic (exact) mass is 416 g/mol. The van der Waals surface area contributed by atoms with Crippen LogP contribution in [0.15, 0.2) is 47.4 Å². The van der Waals surface area contributed by atoms with E-state index in [0.717, 1.165) is 5.56 Å². The van der Waals surface area contributed by atoms with Crippen LogP contribution in [0.25, 0.3) is 0 Å². The molecule has 2 unspecified atom stereocenters. The SMILES string of the molecule is Cc1ccc(S(=O)(=O)NC(C(=O)Nc2ccc(Cl)c(Cl)c2)C(C)O)cc1. The number of hydrogen-bond donors (Lipinski definition) is 3. The molecule has 0 bridgehead atoms. The molecule has 1 amide bonds. The van der Waals surface area contributed by atoms with Crippen LogP contribution >= 0.6 is 23.2 Å². The van der Waals surface area contributed by atoms with Crippen LogP contribution in [0.1, 0.15) is 12.5 Å². The van der Waals surface area contributed by atoms with Crippen LogP contribution in [0, 0.1) is 6.92 Å². The Morgan fingerprint density at radius 1 is 1.08 bits per heavy atom. The number of nitrogens with one attached hydrogen (secondary N) is 2. The van der Waals surface area contributed by atoms with Crippen LogP contribution in [-0.4, -0.2) is 31.6 Å². The molecule has 140 valence electrons. The number of amides is 1. The maximum absolute atomic E-state index is 12.5. The lowest BCUT2D eigenvalue weighted by molar-refractivity contribution is -0.119. The minimum atomic E-state index is -3.99. The molecule has 0 radical (unpaired) electrons. The van der Waals surface area contributed by atoms with E-state index in [9.17, 15) is 18.3 Å². The predicted octanol–water partition coefficient (Wildman–Crippen LogP) is 2.97. The van der Waals surface area contributed by atoms with Crippen molar-refractivity contribution in [3.63, 3.8) is 0 Å². The topological polar surface area (TPSA) is 95.5 Å². The summed E-state index contributed by atoms with van der Waals surface area (Å²) in [5, 5.41) is 12.9. The van der Waals surface area contributed by atoms with Crippen molar-refractivity contribution < 1.29 is 18.3 Å². The van der Waals surface area contributed by atoms with E-state index in [-0.39, 0.29) is 9.92 Å². The number of sulfonamides is 1. The number of rotatable bonds is 6. The number of halogens is 2. The zero-order valence-electron chi connectivity index (χ0n) is 14.0. The maximum atomic E-state index is 12.5. The molecule has 2 aromatic rings. The minimum absolute atomic E-state index is 0.00362. The second-order valence-corrected chi connectivity index (χ2v) is 8.30. The summed E-state index contributed by atoms with van der Waals surface area (Å²) in [7, 11) is -3.99. The first kappa shape index (κ1) is 20.7. The lowest BCUT2D eigenvalue weighted by atomic mass is 10.2. The van der Waals surface area contributed by atoms with E-state index in [0.29, 0.717) is 10.7 Å². The Bertz CT molecular complexity index is 899. The molecule has 0 aromatic heterocycles. The fourth-order valence-electron chi connectivity index (χ4n) is 2.12. The summed E-state index contributed by atoms with van der Waals surface area (Å²) < 4.78 is 27.2. The molecular weight excluding hydrogens is 399 g/mol. The van der Waals surface area contributed by atoms with Gasteiger partial charge in [0, 0.05) is 5.69 Å². The number of hydrogen-bond acceptors (Lipinski definition) is 4. The minimum Gasteiger partial charge on any atom is -0.391 e. The highest BCUT2D eigenvalue weighted by Crippen LogP contribution is 2.25. The van der Waals surface area contributed by atoms with Gasteiger partial charge >= 0.3 is 0 Å². The summed E-state index contributed by atoms with van der Waals surface area (Å²) in [6, 6.07) is 9.17. The van der Waals surface area contributed by atoms with Gasteiger partial charge in [0.2, 0.25) is 15.9 Å². The second-order valence-electron chi connectivity index (χ2n) is 5.77. The number of carbonyl (C=O) groups is 1. The summed E-state index contributed by atoms with van der Waals surface area (Å²) in [6.45, 7) is 3.14. The number of carbonyl (C=O) groups excluding carboxylic acids is 1. The fraction of sp³-hybridized carbons (Fsp3) is 0.235. The van der Waals surface area contributed by atoms with E-state index in [1.807, 2.05) is 6.92 Å². The van der Waals surface area contributed by atoms with Crippen molar-refractivity contribution in [3.8, 4) is 0 Å². The first-order chi connectivity index (χ1) is 12.1. The van der Waals surface area contributed by atoms with Crippen LogP contribution in [-0.2, 0) is 14.8 Å². The van der Waals surface area contributed by atoms with Gasteiger partial charge < -0.3 is 10.4 Å². The van der Waals surface area contributed by atoms with Crippen LogP contribution in [0.3, 0.4) is 0 Å². The van der Waals surface area contributed by atoms with E-state index >= 15 is 0 Å². The van der Waals surface area contributed by atoms with E-state index in [1.165, 1.54) is 37.3 Å². The van der Waals surface area contributed by atoms with Gasteiger partial charge in [0.1, 0.15) is 6.04 Å². The smallest absolute Gasteiger partial charge is 0.245 e. The highest BCUT2D eigenvalue weighted by atomic mass is 35.5. The standard InChI is InChI=1S/C17H18Cl2N2O4S/c1-10-3-6-13(7-4-10)26(24,25)21-16(11(2)22)17(23)20-12-5-8-14(18)15(19)9-12/h3-9,11,16,21-22H,1-2H3,(H,20,23). The Kier molecular flexibility index (Phi) is 6.65. The van der Waals surface area contributed by atoms with E-state index in [1.54, 1.807) is 12.1 Å². The van der Waals surface area contributed by atoms with Gasteiger partial charge in [0.15, 0.2) is 0 Å². The summed E-state index contributed by atoms with van der Waals surface area (Å²) in [5.41, 5.74) is 1.22. The van der Waals surface area contributed by atoms with Crippen LogP contribution in [0.4, 0.5) is 5.69 Å². The molecule has 2 aromatic carbocycles. The maximum Gasteiger partial charge on any atom is 0.245 e. The summed E-state index contributed by atoms with van der Waals surface area (Å²) >= 11 is 11.7. The Morgan fingerprint density at radius 3 is 2.23 bits per heavy atom. The molecule has 0 saturated heterocycles. The zero-order valence-corrected chi connectivity index (χ0v) is 16.4. The lowest BCUT2D eigenvalue weighted by Gasteiger charge is -2.21. The van der Waals surface area contributed by atoms with Gasteiger partial charge in [-0.1, -0.05) is 40.9 Å². The molecule has 0 aliphatic rings. The molecule has 0 aliphatic carbocycles. The predicted molar refractivity (Wildman–Crippen MR) is 102 cm³/mol. The van der Waals surface area contributed by atoms with Crippen molar-refractivity contribution in [2.24, 2.45) is 0 Å². The zero-order chi connectivity index (χ0) is 19.5. The lowest BCUT2D eigenvalue weighted by Crippen LogP contribution is -2.50. The third-order valence-electron chi connectivity index (χ3n) is 3.57. The van der Waals surface area contributed by atoms with Gasteiger partial charge in [-0.15, -0.1) is 0 Å². The molecule has 6 nitrogen and oxygen atoms in total. The fourth-order valence-corrected chi connectivity index (χ4v) is 3.68. The van der Waals surface area contributed by atoms with Crippen LogP contribution in [0.5, 0.6) is 0 Å². The number of benzene rings is 2. The molecule has 0 spiro atoms. The molecule has 2 rings (SSSR count). The van der Waals surface area contributed by atoms with Gasteiger partial charge in [-0.2, -0.15) is 4.72 Å². The summed E-state index contributed by atoms with van der Waals surface area (Å²) in [4.78, 5) is 12.4. The molecule has 3 N–H and O–H groups in total. The summed E-state index contributed by atoms with van der Waals surface area (Å²) in [6.07, 6.45) is -1.27. The quantitative estimate of drug-likeness (QED) is 0.674. The van der Waals surface area contributed by atoms with Gasteiger partial charge in [0.25, 0.3) is 0 Å². The third-order valence-corrected chi connectivity index (χ3v) is 5.76. The van der Waals surface area contributed by atoms with E-state index < -0.39 is 28.1 Å². The highest BCUT2D eigenvalue weighted by molar-refractivity contribution is 7.89. The van der Waals surface area contributed by atoms with Crippen LogP contribution < -0.4 is 10.0 Å². The highest BCUT2D eigenvalue weighted by Gasteiger charge is 2.29. The van der Waals surface area contributed by atoms with Gasteiger partial charge in [0.05, 0.1) is 21.0 Å². The Morgan fingerprint density at radius 2 is 1.69 bits per heavy atom. The van der Waals surface area contributed by atoms with Crippen LogP contribution in [0.2, 0.25) is 10.0 Å². The second kappa shape index (κ2) is 8.37. The third kappa shape index (κ3) is 5.18. The van der Waals surface area contributed by atoms with Gasteiger partial charge in [-0.25, -0.2) is 8.42 Å². The normalized spacial score (nSPS) is 13.9. The van der Waals surface area contributed by atoms with E-state index in [4.69, 9.17) is 23.2 Å². The number of aliphatic hydroxyl groups is 1. The van der Waals surface area contributed by atoms with Crippen molar-refractivity contribution >= 4 is 44.8 Å². The first-order valence-corrected chi connectivity index (χ1v) is 9.87. The number of aliphatic hydroxyl groups excluding tert-OH is 1. The average Bonchev–Trinajstić information content (AvgIpc) is 2.56. The molecule has 2 atom stereocenters. The van der Waals surface area contributed by atoms with E-state index in [2.05, 4.69) is 10.0 Å². The van der Waals surface area contributed by atoms with Gasteiger partial charge in [-0.05, 0) is 44.2 Å². The number of aryl methyl sites for hydroxylation is 1. The largest absolute Gasteiger partial charge is 0.391 e.